The monoisotopic (exact) mass is 436 g/mol. The van der Waals surface area contributed by atoms with E-state index >= 15 is 0 Å². The topological polar surface area (TPSA) is 61.3 Å². The van der Waals surface area contributed by atoms with Gasteiger partial charge in [-0.2, -0.15) is 4.98 Å². The number of hydrogen-bond acceptors (Lipinski definition) is 5. The third-order valence-electron chi connectivity index (χ3n) is 4.59. The summed E-state index contributed by atoms with van der Waals surface area (Å²) < 4.78 is 17.1. The van der Waals surface area contributed by atoms with Crippen molar-refractivity contribution in [1.82, 2.24) is 10.1 Å². The number of hydrogen-bond donors (Lipinski definition) is 0. The zero-order valence-corrected chi connectivity index (χ0v) is 17.0. The molecule has 0 spiro atoms. The minimum atomic E-state index is 0.257. The van der Waals surface area contributed by atoms with Crippen molar-refractivity contribution in [2.75, 3.05) is 0 Å². The van der Waals surface area contributed by atoms with Crippen molar-refractivity contribution >= 4 is 34.0 Å². The molecule has 0 aliphatic heterocycles. The molecule has 0 amide bonds. The van der Waals surface area contributed by atoms with Crippen LogP contribution < -0.4 is 4.74 Å². The molecular weight excluding hydrogens is 423 g/mol. The highest BCUT2D eigenvalue weighted by Crippen LogP contribution is 2.31. The molecule has 2 aromatic heterocycles. The van der Waals surface area contributed by atoms with Gasteiger partial charge in [0.05, 0.1) is 5.02 Å². The number of nitrogens with zero attached hydrogens (tertiary/aromatic N) is 2. The summed E-state index contributed by atoms with van der Waals surface area (Å²) in [5.41, 5.74) is 0.627. The summed E-state index contributed by atoms with van der Waals surface area (Å²) >= 11 is 12.2. The Morgan fingerprint density at radius 1 is 0.900 bits per heavy atom. The highest BCUT2D eigenvalue weighted by molar-refractivity contribution is 6.36. The molecule has 0 radical (unpaired) electrons. The van der Waals surface area contributed by atoms with E-state index in [0.717, 1.165) is 16.5 Å². The molecule has 0 atom stereocenters. The molecule has 0 aliphatic rings. The molecule has 0 saturated heterocycles. The fourth-order valence-corrected chi connectivity index (χ4v) is 3.64. The number of rotatable bonds is 5. The lowest BCUT2D eigenvalue weighted by atomic mass is 10.1. The highest BCUT2D eigenvalue weighted by Gasteiger charge is 2.16. The molecular formula is C23H14Cl2N2O3. The normalized spacial score (nSPS) is 11.1. The SMILES string of the molecule is Clc1ccc(-c2noc(-c3ccc(COc4cccc5ccccc45)o3)n2)c(Cl)c1. The Morgan fingerprint density at radius 3 is 2.67 bits per heavy atom. The van der Waals surface area contributed by atoms with E-state index in [-0.39, 0.29) is 12.5 Å². The molecule has 5 aromatic rings. The first kappa shape index (κ1) is 18.7. The van der Waals surface area contributed by atoms with Crippen LogP contribution in [0.15, 0.2) is 81.7 Å². The molecule has 3 aromatic carbocycles. The minimum absolute atomic E-state index is 0.257. The van der Waals surface area contributed by atoms with Crippen LogP contribution in [0.1, 0.15) is 5.76 Å². The van der Waals surface area contributed by atoms with Gasteiger partial charge < -0.3 is 13.7 Å². The smallest absolute Gasteiger partial charge is 0.293 e. The van der Waals surface area contributed by atoms with Gasteiger partial charge in [-0.15, -0.1) is 0 Å². The lowest BCUT2D eigenvalue weighted by Gasteiger charge is -2.07. The Balaban J connectivity index is 1.34. The van der Waals surface area contributed by atoms with E-state index in [0.29, 0.717) is 33.0 Å². The minimum Gasteiger partial charge on any atom is -0.485 e. The van der Waals surface area contributed by atoms with Gasteiger partial charge in [0, 0.05) is 16.0 Å². The van der Waals surface area contributed by atoms with Crippen LogP contribution >= 0.6 is 23.2 Å². The first-order valence-electron chi connectivity index (χ1n) is 9.16. The average molecular weight is 437 g/mol. The number of fused-ring (bicyclic) bond motifs is 1. The van der Waals surface area contributed by atoms with E-state index in [1.807, 2.05) is 48.5 Å². The first-order valence-corrected chi connectivity index (χ1v) is 9.92. The third kappa shape index (κ3) is 3.65. The van der Waals surface area contributed by atoms with Crippen LogP contribution in [0.4, 0.5) is 0 Å². The van der Waals surface area contributed by atoms with E-state index in [9.17, 15) is 0 Å². The molecule has 5 nitrogen and oxygen atoms in total. The summed E-state index contributed by atoms with van der Waals surface area (Å²) in [7, 11) is 0. The Bertz CT molecular complexity index is 1340. The van der Waals surface area contributed by atoms with Crippen molar-refractivity contribution < 1.29 is 13.7 Å². The maximum Gasteiger partial charge on any atom is 0.293 e. The largest absolute Gasteiger partial charge is 0.485 e. The Labute approximate surface area is 181 Å². The standard InChI is InChI=1S/C23H14Cl2N2O3/c24-15-8-10-18(19(25)12-15)22-26-23(30-27-22)21-11-9-16(29-21)13-28-20-7-3-5-14-4-1-2-6-17(14)20/h1-12H,13H2. The second kappa shape index (κ2) is 7.86. The van der Waals surface area contributed by atoms with Gasteiger partial charge in [-0.05, 0) is 41.8 Å². The van der Waals surface area contributed by atoms with E-state index in [4.69, 9.17) is 36.9 Å². The van der Waals surface area contributed by atoms with Crippen LogP contribution in [0.3, 0.4) is 0 Å². The maximum atomic E-state index is 6.22. The molecule has 7 heteroatoms. The molecule has 148 valence electrons. The van der Waals surface area contributed by atoms with Crippen LogP contribution in [-0.2, 0) is 6.61 Å². The Kier molecular flexibility index (Phi) is 4.91. The molecule has 0 N–H and O–H groups in total. The lowest BCUT2D eigenvalue weighted by Crippen LogP contribution is -1.94. The van der Waals surface area contributed by atoms with Crippen LogP contribution in [0.25, 0.3) is 33.8 Å². The number of halogens is 2. The van der Waals surface area contributed by atoms with Crippen LogP contribution in [-0.4, -0.2) is 10.1 Å². The Hall–Kier alpha value is -3.28. The summed E-state index contributed by atoms with van der Waals surface area (Å²) in [6.45, 7) is 0.276. The van der Waals surface area contributed by atoms with Gasteiger partial charge in [0.2, 0.25) is 5.82 Å². The van der Waals surface area contributed by atoms with Gasteiger partial charge in [-0.1, -0.05) is 64.8 Å². The first-order chi connectivity index (χ1) is 14.7. The predicted octanol–water partition coefficient (Wildman–Crippen LogP) is 7.04. The van der Waals surface area contributed by atoms with Gasteiger partial charge in [-0.3, -0.25) is 0 Å². The van der Waals surface area contributed by atoms with E-state index in [1.165, 1.54) is 0 Å². The van der Waals surface area contributed by atoms with Crippen molar-refractivity contribution in [1.29, 1.82) is 0 Å². The van der Waals surface area contributed by atoms with Gasteiger partial charge in [0.15, 0.2) is 5.76 Å². The number of aromatic nitrogens is 2. The molecule has 0 saturated carbocycles. The quantitative estimate of drug-likeness (QED) is 0.295. The predicted molar refractivity (Wildman–Crippen MR) is 116 cm³/mol. The van der Waals surface area contributed by atoms with Gasteiger partial charge >= 0.3 is 0 Å². The molecule has 0 aliphatic carbocycles. The van der Waals surface area contributed by atoms with Crippen LogP contribution in [0, 0.1) is 0 Å². The summed E-state index contributed by atoms with van der Waals surface area (Å²) in [5.74, 6) is 2.50. The average Bonchev–Trinajstić information content (AvgIpc) is 3.42. The summed E-state index contributed by atoms with van der Waals surface area (Å²) in [4.78, 5) is 4.37. The molecule has 5 rings (SSSR count). The van der Waals surface area contributed by atoms with E-state index in [1.54, 1.807) is 24.3 Å². The van der Waals surface area contributed by atoms with Crippen molar-refractivity contribution in [3.05, 3.63) is 88.6 Å². The number of benzene rings is 3. The summed E-state index contributed by atoms with van der Waals surface area (Å²) in [6, 6.07) is 22.7. The van der Waals surface area contributed by atoms with Crippen molar-refractivity contribution in [2.24, 2.45) is 0 Å². The van der Waals surface area contributed by atoms with E-state index in [2.05, 4.69) is 10.1 Å². The number of ether oxygens (including phenoxy) is 1. The van der Waals surface area contributed by atoms with Gasteiger partial charge in [0.25, 0.3) is 5.89 Å². The molecule has 0 fully saturated rings. The molecule has 30 heavy (non-hydrogen) atoms. The molecule has 0 unspecified atom stereocenters. The second-order valence-corrected chi connectivity index (χ2v) is 7.42. The Morgan fingerprint density at radius 2 is 1.77 bits per heavy atom. The van der Waals surface area contributed by atoms with Crippen molar-refractivity contribution in [3.8, 4) is 28.8 Å². The third-order valence-corrected chi connectivity index (χ3v) is 5.14. The molecule has 2 heterocycles. The van der Waals surface area contributed by atoms with E-state index < -0.39 is 0 Å². The molecule has 0 bridgehead atoms. The van der Waals surface area contributed by atoms with Crippen LogP contribution in [0.5, 0.6) is 5.75 Å². The second-order valence-electron chi connectivity index (χ2n) is 6.58. The maximum absolute atomic E-state index is 6.22. The van der Waals surface area contributed by atoms with Gasteiger partial charge in [0.1, 0.15) is 18.1 Å². The summed E-state index contributed by atoms with van der Waals surface area (Å²) in [6.07, 6.45) is 0. The highest BCUT2D eigenvalue weighted by atomic mass is 35.5. The fraction of sp³-hybridized carbons (Fsp3) is 0.0435. The summed E-state index contributed by atoms with van der Waals surface area (Å²) in [5, 5.41) is 7.13. The zero-order valence-electron chi connectivity index (χ0n) is 15.5. The fourth-order valence-electron chi connectivity index (χ4n) is 3.14. The van der Waals surface area contributed by atoms with Crippen molar-refractivity contribution in [2.45, 2.75) is 6.61 Å². The van der Waals surface area contributed by atoms with Gasteiger partial charge in [-0.25, -0.2) is 0 Å². The van der Waals surface area contributed by atoms with Crippen LogP contribution in [0.2, 0.25) is 10.0 Å². The van der Waals surface area contributed by atoms with Crippen molar-refractivity contribution in [3.63, 3.8) is 0 Å². The zero-order chi connectivity index (χ0) is 20.5. The lowest BCUT2D eigenvalue weighted by molar-refractivity contribution is 0.273. The number of furan rings is 1.